The van der Waals surface area contributed by atoms with Gasteiger partial charge in [0.05, 0.1) is 11.8 Å². The van der Waals surface area contributed by atoms with Crippen LogP contribution in [0.15, 0.2) is 23.0 Å². The molecule has 0 saturated carbocycles. The van der Waals surface area contributed by atoms with Gasteiger partial charge in [-0.15, -0.1) is 5.10 Å². The summed E-state index contributed by atoms with van der Waals surface area (Å²) in [6.07, 6.45) is -4.64. The van der Waals surface area contributed by atoms with E-state index in [1.54, 1.807) is 0 Å². The minimum absolute atomic E-state index is 0.0552. The zero-order chi connectivity index (χ0) is 21.6. The molecule has 1 aromatic heterocycles. The van der Waals surface area contributed by atoms with E-state index >= 15 is 0 Å². The summed E-state index contributed by atoms with van der Waals surface area (Å²) in [4.78, 5) is 12.1. The number of benzene rings is 1. The number of sulfonamides is 1. The maximum atomic E-state index is 13.3. The zero-order valence-corrected chi connectivity index (χ0v) is 16.0. The van der Waals surface area contributed by atoms with E-state index in [1.165, 1.54) is 0 Å². The van der Waals surface area contributed by atoms with E-state index in [-0.39, 0.29) is 31.5 Å². The summed E-state index contributed by atoms with van der Waals surface area (Å²) in [7, 11) is -2.94. The van der Waals surface area contributed by atoms with Gasteiger partial charge in [-0.05, 0) is 30.5 Å². The molecule has 1 fully saturated rings. The Morgan fingerprint density at radius 1 is 1.10 bits per heavy atom. The van der Waals surface area contributed by atoms with Crippen molar-refractivity contribution in [2.45, 2.75) is 30.8 Å². The van der Waals surface area contributed by atoms with E-state index in [9.17, 15) is 35.2 Å². The molecule has 0 bridgehead atoms. The summed E-state index contributed by atoms with van der Waals surface area (Å²) in [5.41, 5.74) is -0.991. The molecule has 0 radical (unpaired) electrons. The molecule has 1 aliphatic heterocycles. The Morgan fingerprint density at radius 3 is 2.14 bits per heavy atom. The maximum Gasteiger partial charge on any atom is 0.451 e. The Labute approximate surface area is 162 Å². The molecule has 0 unspecified atom stereocenters. The summed E-state index contributed by atoms with van der Waals surface area (Å²) in [5, 5.41) is 3.37. The van der Waals surface area contributed by atoms with Crippen LogP contribution >= 0.6 is 0 Å². The number of alkyl halides is 3. The van der Waals surface area contributed by atoms with Crippen molar-refractivity contribution in [3.05, 3.63) is 51.7 Å². The van der Waals surface area contributed by atoms with Crippen molar-refractivity contribution in [3.63, 3.8) is 0 Å². The van der Waals surface area contributed by atoms with E-state index < -0.39 is 51.1 Å². The molecule has 7 nitrogen and oxygen atoms in total. The molecule has 3 rings (SSSR count). The van der Waals surface area contributed by atoms with Crippen LogP contribution in [0.5, 0.6) is 0 Å². The molecule has 1 aromatic carbocycles. The summed E-state index contributed by atoms with van der Waals surface area (Å²) >= 11 is 0. The van der Waals surface area contributed by atoms with Crippen molar-refractivity contribution in [1.29, 1.82) is 0 Å². The van der Waals surface area contributed by atoms with Crippen molar-refractivity contribution >= 4 is 10.0 Å². The van der Waals surface area contributed by atoms with Crippen LogP contribution in [0.1, 0.15) is 30.3 Å². The van der Waals surface area contributed by atoms with Crippen LogP contribution in [-0.4, -0.2) is 40.2 Å². The van der Waals surface area contributed by atoms with Crippen molar-refractivity contribution in [2.75, 3.05) is 13.1 Å². The smallest absolute Gasteiger partial charge is 0.274 e. The Bertz CT molecular complexity index is 1050. The average molecular weight is 440 g/mol. The van der Waals surface area contributed by atoms with Crippen LogP contribution in [-0.2, 0) is 29.0 Å². The van der Waals surface area contributed by atoms with Crippen LogP contribution in [0.3, 0.4) is 0 Å². The van der Waals surface area contributed by atoms with Gasteiger partial charge in [-0.25, -0.2) is 31.0 Å². The number of rotatable bonds is 4. The molecule has 13 heteroatoms. The van der Waals surface area contributed by atoms with Crippen molar-refractivity contribution in [2.24, 2.45) is 7.05 Å². The molecule has 29 heavy (non-hydrogen) atoms. The van der Waals surface area contributed by atoms with Crippen LogP contribution in [0.25, 0.3) is 0 Å². The van der Waals surface area contributed by atoms with E-state index in [4.69, 9.17) is 0 Å². The monoisotopic (exact) mass is 440 g/mol. The van der Waals surface area contributed by atoms with Gasteiger partial charge >= 0.3 is 11.9 Å². The van der Waals surface area contributed by atoms with Gasteiger partial charge < -0.3 is 0 Å². The quantitative estimate of drug-likeness (QED) is 0.682. The minimum Gasteiger partial charge on any atom is -0.274 e. The number of hydrogen-bond acceptors (Lipinski definition) is 4. The van der Waals surface area contributed by atoms with Gasteiger partial charge in [-0.2, -0.15) is 13.2 Å². The number of halogens is 5. The fourth-order valence-electron chi connectivity index (χ4n) is 3.30. The topological polar surface area (TPSA) is 77.2 Å². The predicted octanol–water partition coefficient (Wildman–Crippen LogP) is 2.05. The lowest BCUT2D eigenvalue weighted by Gasteiger charge is -2.30. The van der Waals surface area contributed by atoms with Crippen LogP contribution in [0.2, 0.25) is 0 Å². The highest BCUT2D eigenvalue weighted by Gasteiger charge is 2.39. The second-order valence-corrected chi connectivity index (χ2v) is 8.74. The number of aromatic nitrogens is 3. The van der Waals surface area contributed by atoms with Gasteiger partial charge in [0.2, 0.25) is 15.8 Å². The lowest BCUT2D eigenvalue weighted by atomic mass is 10.1. The largest absolute Gasteiger partial charge is 0.451 e. The second-order valence-electron chi connectivity index (χ2n) is 6.77. The molecule has 1 aliphatic rings. The average Bonchev–Trinajstić information content (AvgIpc) is 2.89. The molecule has 1 saturated heterocycles. The molecule has 0 aliphatic carbocycles. The normalized spacial score (nSPS) is 17.0. The summed E-state index contributed by atoms with van der Waals surface area (Å²) < 4.78 is 92.6. The first kappa shape index (κ1) is 21.4. The van der Waals surface area contributed by atoms with Gasteiger partial charge in [0.25, 0.3) is 0 Å². The van der Waals surface area contributed by atoms with E-state index in [0.29, 0.717) is 10.6 Å². The molecular formula is C16H17F5N4O3S. The highest BCUT2D eigenvalue weighted by molar-refractivity contribution is 7.88. The van der Waals surface area contributed by atoms with E-state index in [1.807, 2.05) is 0 Å². The van der Waals surface area contributed by atoms with Gasteiger partial charge in [-0.3, -0.25) is 4.57 Å². The SMILES string of the molecule is Cn1c(C(F)(F)F)nn(C2CCN(S(=O)(=O)Cc3cc(F)cc(F)c3)CC2)c1=O. The number of nitrogens with zero attached hydrogens (tertiary/aromatic N) is 4. The fraction of sp³-hybridized carbons (Fsp3) is 0.500. The number of piperidine rings is 1. The van der Waals surface area contributed by atoms with Crippen LogP contribution in [0, 0.1) is 11.6 Å². The first-order valence-electron chi connectivity index (χ1n) is 8.54. The highest BCUT2D eigenvalue weighted by atomic mass is 32.2. The summed E-state index contributed by atoms with van der Waals surface area (Å²) in [5.74, 6) is -3.74. The Morgan fingerprint density at radius 2 is 1.66 bits per heavy atom. The van der Waals surface area contributed by atoms with Gasteiger partial charge in [0.15, 0.2) is 0 Å². The zero-order valence-electron chi connectivity index (χ0n) is 15.2. The van der Waals surface area contributed by atoms with Gasteiger partial charge in [0, 0.05) is 26.2 Å². The Balaban J connectivity index is 1.73. The lowest BCUT2D eigenvalue weighted by Crippen LogP contribution is -2.41. The summed E-state index contributed by atoms with van der Waals surface area (Å²) in [6.45, 7) is -0.121. The molecule has 2 heterocycles. The molecule has 2 aromatic rings. The minimum atomic E-state index is -4.79. The third kappa shape index (κ3) is 4.50. The molecule has 0 N–H and O–H groups in total. The first-order valence-corrected chi connectivity index (χ1v) is 10.1. The second kappa shape index (κ2) is 7.52. The van der Waals surface area contributed by atoms with Crippen LogP contribution < -0.4 is 5.69 Å². The molecule has 0 amide bonds. The van der Waals surface area contributed by atoms with Gasteiger partial charge in [0.1, 0.15) is 11.6 Å². The van der Waals surface area contributed by atoms with Crippen molar-refractivity contribution in [1.82, 2.24) is 18.7 Å². The van der Waals surface area contributed by atoms with E-state index in [2.05, 4.69) is 5.10 Å². The fourth-order valence-corrected chi connectivity index (χ4v) is 4.84. The standard InChI is InChI=1S/C16H17F5N4O3S/c1-23-14(16(19,20)21)22-25(15(23)26)13-2-4-24(5-3-13)29(27,28)9-10-6-11(17)8-12(18)7-10/h6-8,13H,2-5,9H2,1H3. The predicted molar refractivity (Wildman–Crippen MR) is 91.3 cm³/mol. The lowest BCUT2D eigenvalue weighted by molar-refractivity contribution is -0.147. The van der Waals surface area contributed by atoms with Gasteiger partial charge in [-0.1, -0.05) is 0 Å². The summed E-state index contributed by atoms with van der Waals surface area (Å²) in [6, 6.07) is 1.77. The molecule has 160 valence electrons. The Kier molecular flexibility index (Phi) is 5.56. The molecule has 0 atom stereocenters. The highest BCUT2D eigenvalue weighted by Crippen LogP contribution is 2.29. The van der Waals surface area contributed by atoms with E-state index in [0.717, 1.165) is 28.2 Å². The van der Waals surface area contributed by atoms with Crippen molar-refractivity contribution in [3.8, 4) is 0 Å². The van der Waals surface area contributed by atoms with Crippen LogP contribution in [0.4, 0.5) is 22.0 Å². The third-order valence-electron chi connectivity index (χ3n) is 4.69. The molecular weight excluding hydrogens is 423 g/mol. The third-order valence-corrected chi connectivity index (χ3v) is 6.54. The Hall–Kier alpha value is -2.28. The van der Waals surface area contributed by atoms with Crippen molar-refractivity contribution < 1.29 is 30.4 Å². The molecule has 0 spiro atoms. The maximum absolute atomic E-state index is 13.3. The number of hydrogen-bond donors (Lipinski definition) is 0. The first-order chi connectivity index (χ1) is 13.4.